The number of carbonyl (C=O) groups is 4. The lowest BCUT2D eigenvalue weighted by atomic mass is 10.0. The van der Waals surface area contributed by atoms with Crippen LogP contribution in [0.2, 0.25) is 0 Å². The summed E-state index contributed by atoms with van der Waals surface area (Å²) in [5.74, 6) is 1.98. The van der Waals surface area contributed by atoms with Crippen molar-refractivity contribution in [1.29, 1.82) is 0 Å². The first-order valence-corrected chi connectivity index (χ1v) is 18.6. The van der Waals surface area contributed by atoms with Crippen LogP contribution >= 0.6 is 15.9 Å². The molecule has 3 aromatic rings. The van der Waals surface area contributed by atoms with E-state index in [9.17, 15) is 27.6 Å². The van der Waals surface area contributed by atoms with Gasteiger partial charge in [0.1, 0.15) is 16.8 Å². The number of ether oxygens (including phenoxy) is 2. The lowest BCUT2D eigenvalue weighted by molar-refractivity contribution is -0.140. The number of aromatic nitrogens is 1. The highest BCUT2D eigenvalue weighted by Gasteiger charge is 2.22. The predicted molar refractivity (Wildman–Crippen MR) is 191 cm³/mol. The Kier molecular flexibility index (Phi) is 16.7. The van der Waals surface area contributed by atoms with Crippen molar-refractivity contribution in [3.8, 4) is 18.1 Å². The SMILES string of the molecule is C#CCNC(=O)CCCCCNC(=O)OC(CCCC(=O)CCCCC(=O)OC)c1ccc2ccc(OS(=O)(=O)c3ccccc3)c(Br)c2n1. The molecule has 0 radical (unpaired) electrons. The van der Waals surface area contributed by atoms with E-state index in [1.165, 1.54) is 25.3 Å². The highest BCUT2D eigenvalue weighted by atomic mass is 79.9. The van der Waals surface area contributed by atoms with Gasteiger partial charge in [0, 0.05) is 37.6 Å². The minimum atomic E-state index is -4.12. The fourth-order valence-corrected chi connectivity index (χ4v) is 6.50. The summed E-state index contributed by atoms with van der Waals surface area (Å²) in [6.45, 7) is 0.515. The molecule has 1 unspecified atom stereocenters. The number of Topliss-reactive ketones (excluding diaryl/α,β-unsaturated/α-hetero) is 1. The predicted octanol–water partition coefficient (Wildman–Crippen LogP) is 6.31. The van der Waals surface area contributed by atoms with Crippen LogP contribution in [-0.4, -0.2) is 57.4 Å². The lowest BCUT2D eigenvalue weighted by Crippen LogP contribution is -2.27. The van der Waals surface area contributed by atoms with Crippen LogP contribution in [0.1, 0.15) is 82.4 Å². The van der Waals surface area contributed by atoms with Gasteiger partial charge in [0.2, 0.25) is 5.91 Å². The number of amides is 2. The molecular formula is C36H42BrN3O9S. The summed E-state index contributed by atoms with van der Waals surface area (Å²) in [7, 11) is -2.80. The van der Waals surface area contributed by atoms with Gasteiger partial charge in [-0.15, -0.1) is 6.42 Å². The second kappa shape index (κ2) is 20.9. The largest absolute Gasteiger partial charge is 0.469 e. The number of nitrogens with one attached hydrogen (secondary N) is 2. The molecule has 3 rings (SSSR count). The van der Waals surface area contributed by atoms with Crippen LogP contribution in [0.15, 0.2) is 64.0 Å². The Hall–Kier alpha value is -4.48. The summed E-state index contributed by atoms with van der Waals surface area (Å²) in [6.07, 6.45) is 8.63. The minimum Gasteiger partial charge on any atom is -0.469 e. The average Bonchev–Trinajstić information content (AvgIpc) is 3.11. The second-order valence-corrected chi connectivity index (χ2v) is 13.7. The summed E-state index contributed by atoms with van der Waals surface area (Å²) in [6, 6.07) is 14.4. The number of ketones is 1. The Balaban J connectivity index is 1.69. The zero-order valence-electron chi connectivity index (χ0n) is 28.0. The topological polar surface area (TPSA) is 167 Å². The molecule has 268 valence electrons. The van der Waals surface area contributed by atoms with Crippen LogP contribution in [0, 0.1) is 12.3 Å². The number of rotatable bonds is 21. The zero-order valence-corrected chi connectivity index (χ0v) is 30.4. The summed E-state index contributed by atoms with van der Waals surface area (Å²) in [5.41, 5.74) is 0.796. The quantitative estimate of drug-likeness (QED) is 0.0542. The number of nitrogens with zero attached hydrogens (tertiary/aromatic N) is 1. The standard InChI is InChI=1S/C36H42BrN3O9S/c1-3-24-38-32(42)18-8-5-11-25-39-36(44)48-30(17-12-14-27(41)13-9-10-19-33(43)47-2)29-22-20-26-21-23-31(34(37)35(26)40-29)49-50(45,46)28-15-6-4-7-16-28/h1,4,6-7,15-16,20-23,30H,5,8-14,17-19,24-25H2,2H3,(H,38,42)(H,39,44). The first kappa shape index (κ1) is 40.0. The van der Waals surface area contributed by atoms with Crippen molar-refractivity contribution in [3.63, 3.8) is 0 Å². The molecule has 12 nitrogen and oxygen atoms in total. The molecule has 1 atom stereocenters. The fourth-order valence-electron chi connectivity index (χ4n) is 4.90. The molecule has 0 aliphatic rings. The third-order valence-electron chi connectivity index (χ3n) is 7.57. The van der Waals surface area contributed by atoms with E-state index in [4.69, 9.17) is 20.3 Å². The van der Waals surface area contributed by atoms with E-state index in [0.29, 0.717) is 85.4 Å². The van der Waals surface area contributed by atoms with E-state index in [1.807, 2.05) is 0 Å². The third kappa shape index (κ3) is 13.4. The maximum Gasteiger partial charge on any atom is 0.407 e. The Bertz CT molecular complexity index is 1760. The lowest BCUT2D eigenvalue weighted by Gasteiger charge is -2.19. The molecule has 2 amide bonds. The molecule has 0 saturated heterocycles. The van der Waals surface area contributed by atoms with Crippen molar-refractivity contribution in [2.24, 2.45) is 0 Å². The first-order valence-electron chi connectivity index (χ1n) is 16.4. The van der Waals surface area contributed by atoms with E-state index in [1.54, 1.807) is 36.4 Å². The number of esters is 1. The molecule has 14 heteroatoms. The fraction of sp³-hybridized carbons (Fsp3) is 0.417. The normalized spacial score (nSPS) is 11.6. The Labute approximate surface area is 301 Å². The van der Waals surface area contributed by atoms with Gasteiger partial charge in [-0.2, -0.15) is 8.42 Å². The Morgan fingerprint density at radius 3 is 2.32 bits per heavy atom. The first-order chi connectivity index (χ1) is 24.0. The van der Waals surface area contributed by atoms with Crippen molar-refractivity contribution < 1.29 is 41.3 Å². The number of unbranched alkanes of at least 4 members (excludes halogenated alkanes) is 3. The van der Waals surface area contributed by atoms with E-state index >= 15 is 0 Å². The van der Waals surface area contributed by atoms with Crippen LogP contribution < -0.4 is 14.8 Å². The van der Waals surface area contributed by atoms with Gasteiger partial charge in [-0.3, -0.25) is 14.4 Å². The highest BCUT2D eigenvalue weighted by molar-refractivity contribution is 9.10. The molecule has 0 aliphatic heterocycles. The molecule has 50 heavy (non-hydrogen) atoms. The summed E-state index contributed by atoms with van der Waals surface area (Å²) >= 11 is 3.45. The summed E-state index contributed by atoms with van der Waals surface area (Å²) in [4.78, 5) is 53.1. The van der Waals surface area contributed by atoms with Crippen molar-refractivity contribution in [3.05, 3.63) is 64.8 Å². The van der Waals surface area contributed by atoms with Crippen LogP contribution in [0.4, 0.5) is 4.79 Å². The molecule has 2 N–H and O–H groups in total. The van der Waals surface area contributed by atoms with Crippen molar-refractivity contribution in [2.75, 3.05) is 20.2 Å². The number of methoxy groups -OCH3 is 1. The maximum atomic E-state index is 12.9. The molecule has 2 aromatic carbocycles. The van der Waals surface area contributed by atoms with Gasteiger partial charge in [0.25, 0.3) is 0 Å². The maximum absolute atomic E-state index is 12.9. The number of hydrogen-bond donors (Lipinski definition) is 2. The molecular weight excluding hydrogens is 730 g/mol. The van der Waals surface area contributed by atoms with Gasteiger partial charge in [0.05, 0.1) is 29.3 Å². The van der Waals surface area contributed by atoms with Crippen LogP contribution in [-0.2, 0) is 34.0 Å². The Morgan fingerprint density at radius 1 is 0.880 bits per heavy atom. The number of alkyl carbamates (subject to hydrolysis) is 1. The zero-order chi connectivity index (χ0) is 36.4. The Morgan fingerprint density at radius 2 is 1.58 bits per heavy atom. The second-order valence-electron chi connectivity index (χ2n) is 11.4. The third-order valence-corrected chi connectivity index (χ3v) is 9.59. The number of terminal acetylenes is 1. The van der Waals surface area contributed by atoms with E-state index < -0.39 is 22.3 Å². The smallest absolute Gasteiger partial charge is 0.407 e. The van der Waals surface area contributed by atoms with Gasteiger partial charge in [-0.1, -0.05) is 36.6 Å². The van der Waals surface area contributed by atoms with Gasteiger partial charge in [0.15, 0.2) is 5.75 Å². The van der Waals surface area contributed by atoms with Crippen LogP contribution in [0.3, 0.4) is 0 Å². The number of benzene rings is 2. The van der Waals surface area contributed by atoms with Crippen LogP contribution in [0.5, 0.6) is 5.75 Å². The average molecular weight is 773 g/mol. The number of hydrogen-bond acceptors (Lipinski definition) is 10. The molecule has 0 spiro atoms. The van der Waals surface area contributed by atoms with E-state index in [0.717, 1.165) is 0 Å². The molecule has 0 aliphatic carbocycles. The van der Waals surface area contributed by atoms with Crippen molar-refractivity contribution in [2.45, 2.75) is 81.6 Å². The summed E-state index contributed by atoms with van der Waals surface area (Å²) in [5, 5.41) is 6.03. The van der Waals surface area contributed by atoms with Crippen molar-refractivity contribution in [1.82, 2.24) is 15.6 Å². The number of halogens is 1. The minimum absolute atomic E-state index is 0.00301. The highest BCUT2D eigenvalue weighted by Crippen LogP contribution is 2.35. The van der Waals surface area contributed by atoms with Gasteiger partial charge >= 0.3 is 22.2 Å². The van der Waals surface area contributed by atoms with Gasteiger partial charge in [-0.05, 0) is 84.8 Å². The van der Waals surface area contributed by atoms with E-state index in [2.05, 4.69) is 37.2 Å². The molecule has 1 heterocycles. The number of fused-ring (bicyclic) bond motifs is 1. The number of carbonyl (C=O) groups excluding carboxylic acids is 4. The molecule has 1 aromatic heterocycles. The van der Waals surface area contributed by atoms with Crippen molar-refractivity contribution >= 4 is 60.7 Å². The number of pyridine rings is 1. The monoisotopic (exact) mass is 771 g/mol. The molecule has 0 fully saturated rings. The van der Waals surface area contributed by atoms with Gasteiger partial charge in [-0.25, -0.2) is 9.78 Å². The molecule has 0 saturated carbocycles. The molecule has 0 bridgehead atoms. The van der Waals surface area contributed by atoms with Crippen LogP contribution in [0.25, 0.3) is 10.9 Å². The summed E-state index contributed by atoms with van der Waals surface area (Å²) < 4.78 is 42.0. The van der Waals surface area contributed by atoms with E-state index in [-0.39, 0.29) is 47.7 Å². The van der Waals surface area contributed by atoms with Gasteiger partial charge < -0.3 is 24.3 Å².